The van der Waals surface area contributed by atoms with E-state index >= 15 is 0 Å². The van der Waals surface area contributed by atoms with Crippen LogP contribution < -0.4 is 11.1 Å². The number of carbonyl (C=O) groups is 1. The maximum atomic E-state index is 12.2. The van der Waals surface area contributed by atoms with E-state index in [2.05, 4.69) is 25.2 Å². The van der Waals surface area contributed by atoms with E-state index in [-0.39, 0.29) is 11.9 Å². The zero-order chi connectivity index (χ0) is 19.3. The topological polar surface area (TPSA) is 106 Å². The predicted octanol–water partition coefficient (Wildman–Crippen LogP) is 2.39. The number of amides is 1. The van der Waals surface area contributed by atoms with Crippen molar-refractivity contribution >= 4 is 38.5 Å². The van der Waals surface area contributed by atoms with Crippen LogP contribution in [-0.2, 0) is 9.53 Å². The molecule has 9 heteroatoms. The molecule has 1 fully saturated rings. The minimum Gasteiger partial charge on any atom is -0.379 e. The zero-order valence-corrected chi connectivity index (χ0v) is 16.2. The molecule has 0 aliphatic carbocycles. The molecule has 1 aromatic carbocycles. The SMILES string of the molecule is Nc1ncc(-c2ccc3nc(NC(=O)CCCN4CCOCC4)sc3c2)cn1. The molecule has 0 bridgehead atoms. The number of rotatable bonds is 6. The zero-order valence-electron chi connectivity index (χ0n) is 15.4. The highest BCUT2D eigenvalue weighted by Gasteiger charge is 2.12. The van der Waals surface area contributed by atoms with Gasteiger partial charge in [0.1, 0.15) is 0 Å². The second-order valence-electron chi connectivity index (χ2n) is 6.64. The molecule has 0 spiro atoms. The molecule has 3 N–H and O–H groups in total. The summed E-state index contributed by atoms with van der Waals surface area (Å²) >= 11 is 1.46. The molecule has 0 radical (unpaired) electrons. The van der Waals surface area contributed by atoms with Crippen molar-refractivity contribution in [3.63, 3.8) is 0 Å². The number of carbonyl (C=O) groups excluding carboxylic acids is 1. The van der Waals surface area contributed by atoms with Crippen LogP contribution in [0.15, 0.2) is 30.6 Å². The minimum atomic E-state index is -0.000487. The summed E-state index contributed by atoms with van der Waals surface area (Å²) in [6.45, 7) is 4.37. The molecule has 3 aromatic rings. The molecular formula is C19H22N6O2S. The Bertz CT molecular complexity index is 953. The van der Waals surface area contributed by atoms with Gasteiger partial charge in [-0.05, 0) is 30.7 Å². The summed E-state index contributed by atoms with van der Waals surface area (Å²) in [6, 6.07) is 5.92. The van der Waals surface area contributed by atoms with Crippen LogP contribution in [0.25, 0.3) is 21.3 Å². The van der Waals surface area contributed by atoms with Crippen LogP contribution in [-0.4, -0.2) is 58.6 Å². The number of aromatic nitrogens is 3. The number of nitrogens with two attached hydrogens (primary N) is 1. The molecular weight excluding hydrogens is 376 g/mol. The molecule has 28 heavy (non-hydrogen) atoms. The third kappa shape index (κ3) is 4.61. The number of thiazole rings is 1. The van der Waals surface area contributed by atoms with E-state index in [4.69, 9.17) is 10.5 Å². The van der Waals surface area contributed by atoms with Gasteiger partial charge in [0.2, 0.25) is 11.9 Å². The lowest BCUT2D eigenvalue weighted by Crippen LogP contribution is -2.37. The number of hydrogen-bond acceptors (Lipinski definition) is 8. The summed E-state index contributed by atoms with van der Waals surface area (Å²) in [6.07, 6.45) is 4.71. The van der Waals surface area contributed by atoms with Crippen LogP contribution in [0.4, 0.5) is 11.1 Å². The highest BCUT2D eigenvalue weighted by Crippen LogP contribution is 2.30. The molecule has 0 saturated carbocycles. The third-order valence-corrected chi connectivity index (χ3v) is 5.56. The van der Waals surface area contributed by atoms with E-state index in [0.717, 1.165) is 60.6 Å². The minimum absolute atomic E-state index is 0.000487. The average molecular weight is 398 g/mol. The van der Waals surface area contributed by atoms with Gasteiger partial charge in [-0.1, -0.05) is 17.4 Å². The Morgan fingerprint density at radius 2 is 2.00 bits per heavy atom. The fraction of sp³-hybridized carbons (Fsp3) is 0.368. The summed E-state index contributed by atoms with van der Waals surface area (Å²) in [4.78, 5) is 27.1. The van der Waals surface area contributed by atoms with Gasteiger partial charge in [-0.15, -0.1) is 0 Å². The second-order valence-corrected chi connectivity index (χ2v) is 7.67. The summed E-state index contributed by atoms with van der Waals surface area (Å²) < 4.78 is 6.33. The molecule has 1 saturated heterocycles. The van der Waals surface area contributed by atoms with Gasteiger partial charge in [-0.3, -0.25) is 9.69 Å². The van der Waals surface area contributed by atoms with Gasteiger partial charge in [0.15, 0.2) is 5.13 Å². The van der Waals surface area contributed by atoms with E-state index in [9.17, 15) is 4.79 Å². The van der Waals surface area contributed by atoms with Gasteiger partial charge in [0.25, 0.3) is 0 Å². The Balaban J connectivity index is 1.36. The molecule has 146 valence electrons. The van der Waals surface area contributed by atoms with Crippen LogP contribution in [0, 0.1) is 0 Å². The molecule has 0 atom stereocenters. The van der Waals surface area contributed by atoms with Crippen molar-refractivity contribution in [1.82, 2.24) is 19.9 Å². The number of nitrogens with zero attached hydrogens (tertiary/aromatic N) is 4. The molecule has 4 rings (SSSR count). The monoisotopic (exact) mass is 398 g/mol. The first-order valence-corrected chi connectivity index (χ1v) is 10.1. The van der Waals surface area contributed by atoms with Crippen LogP contribution in [0.1, 0.15) is 12.8 Å². The first kappa shape index (κ1) is 18.7. The van der Waals surface area contributed by atoms with Gasteiger partial charge in [0.05, 0.1) is 23.4 Å². The van der Waals surface area contributed by atoms with E-state index in [1.165, 1.54) is 11.3 Å². The number of morpholine rings is 1. The van der Waals surface area contributed by atoms with Crippen LogP contribution in [0.5, 0.6) is 0 Å². The predicted molar refractivity (Wildman–Crippen MR) is 110 cm³/mol. The molecule has 0 unspecified atom stereocenters. The number of benzene rings is 1. The normalized spacial score (nSPS) is 15.0. The fourth-order valence-corrected chi connectivity index (χ4v) is 4.04. The standard InChI is InChI=1S/C19H22N6O2S/c20-18-21-11-14(12-22-18)13-3-4-15-16(10-13)28-19(23-15)24-17(26)2-1-5-25-6-8-27-9-7-25/h3-4,10-12H,1-2,5-9H2,(H2,20,21,22)(H,23,24,26). The van der Waals surface area contributed by atoms with Gasteiger partial charge < -0.3 is 15.8 Å². The molecule has 3 heterocycles. The van der Waals surface area contributed by atoms with Gasteiger partial charge in [0, 0.05) is 37.5 Å². The lowest BCUT2D eigenvalue weighted by molar-refractivity contribution is -0.116. The Morgan fingerprint density at radius 1 is 1.21 bits per heavy atom. The largest absolute Gasteiger partial charge is 0.379 e. The molecule has 8 nitrogen and oxygen atoms in total. The fourth-order valence-electron chi connectivity index (χ4n) is 3.11. The summed E-state index contributed by atoms with van der Waals surface area (Å²) in [5.41, 5.74) is 8.27. The lowest BCUT2D eigenvalue weighted by Gasteiger charge is -2.26. The first-order valence-electron chi connectivity index (χ1n) is 9.26. The molecule has 2 aromatic heterocycles. The van der Waals surface area contributed by atoms with Crippen LogP contribution in [0.3, 0.4) is 0 Å². The van der Waals surface area contributed by atoms with Crippen LogP contribution in [0.2, 0.25) is 0 Å². The van der Waals surface area contributed by atoms with Crippen molar-refractivity contribution in [3.05, 3.63) is 30.6 Å². The Morgan fingerprint density at radius 3 is 2.79 bits per heavy atom. The molecule has 1 aliphatic heterocycles. The number of anilines is 2. The maximum Gasteiger partial charge on any atom is 0.226 e. The highest BCUT2D eigenvalue weighted by atomic mass is 32.1. The molecule has 1 aliphatic rings. The number of fused-ring (bicyclic) bond motifs is 1. The van der Waals surface area contributed by atoms with Crippen molar-refractivity contribution < 1.29 is 9.53 Å². The van der Waals surface area contributed by atoms with Crippen molar-refractivity contribution in [1.29, 1.82) is 0 Å². The Labute approximate surface area is 166 Å². The average Bonchev–Trinajstić information content (AvgIpc) is 3.10. The quantitative estimate of drug-likeness (QED) is 0.656. The van der Waals surface area contributed by atoms with Crippen molar-refractivity contribution in [2.24, 2.45) is 0 Å². The third-order valence-electron chi connectivity index (χ3n) is 4.62. The van der Waals surface area contributed by atoms with Crippen LogP contribution >= 0.6 is 11.3 Å². The first-order chi connectivity index (χ1) is 13.7. The van der Waals surface area contributed by atoms with E-state index < -0.39 is 0 Å². The van der Waals surface area contributed by atoms with Gasteiger partial charge >= 0.3 is 0 Å². The molecule has 1 amide bonds. The smallest absolute Gasteiger partial charge is 0.226 e. The number of nitrogen functional groups attached to an aromatic ring is 1. The van der Waals surface area contributed by atoms with E-state index in [1.54, 1.807) is 12.4 Å². The van der Waals surface area contributed by atoms with Crippen molar-refractivity contribution in [2.45, 2.75) is 12.8 Å². The van der Waals surface area contributed by atoms with Gasteiger partial charge in [-0.25, -0.2) is 15.0 Å². The van der Waals surface area contributed by atoms with Gasteiger partial charge in [-0.2, -0.15) is 0 Å². The van der Waals surface area contributed by atoms with E-state index in [1.807, 2.05) is 18.2 Å². The highest BCUT2D eigenvalue weighted by molar-refractivity contribution is 7.22. The summed E-state index contributed by atoms with van der Waals surface area (Å²) in [7, 11) is 0. The Hall–Kier alpha value is -2.62. The van der Waals surface area contributed by atoms with E-state index in [0.29, 0.717) is 11.6 Å². The van der Waals surface area contributed by atoms with Crippen molar-refractivity contribution in [3.8, 4) is 11.1 Å². The maximum absolute atomic E-state index is 12.2. The number of nitrogens with one attached hydrogen (secondary N) is 1. The number of hydrogen-bond donors (Lipinski definition) is 2. The lowest BCUT2D eigenvalue weighted by atomic mass is 10.1. The summed E-state index contributed by atoms with van der Waals surface area (Å²) in [5, 5.41) is 3.54. The Kier molecular flexibility index (Phi) is 5.75. The number of ether oxygens (including phenoxy) is 1. The second kappa shape index (κ2) is 8.59. The van der Waals surface area contributed by atoms with Crippen molar-refractivity contribution in [2.75, 3.05) is 43.9 Å². The summed E-state index contributed by atoms with van der Waals surface area (Å²) in [5.74, 6) is 0.251.